The Morgan fingerprint density at radius 1 is 0.593 bits per heavy atom. The predicted molar refractivity (Wildman–Crippen MR) is 110 cm³/mol. The summed E-state index contributed by atoms with van der Waals surface area (Å²) in [6.45, 7) is 1.07. The van der Waals surface area contributed by atoms with Crippen LogP contribution in [0.25, 0.3) is 0 Å². The number of benzene rings is 3. The Morgan fingerprint density at radius 2 is 1.19 bits per heavy atom. The number of hydrogen-bond acceptors (Lipinski definition) is 2. The summed E-state index contributed by atoms with van der Waals surface area (Å²) < 4.78 is 11.0. The molecule has 1 heterocycles. The molecule has 0 radical (unpaired) electrons. The highest BCUT2D eigenvalue weighted by Crippen LogP contribution is 2.50. The number of hydrogen-bond donors (Lipinski definition) is 1. The number of thiol groups is 1. The average Bonchev–Trinajstić information content (AvgIpc) is 3.25. The fraction of sp³-hybridized carbons (Fsp3) is 0.0833. The lowest BCUT2D eigenvalue weighted by molar-refractivity contribution is 0.0929. The quantitative estimate of drug-likeness (QED) is 0.374. The van der Waals surface area contributed by atoms with Crippen molar-refractivity contribution in [1.29, 1.82) is 0 Å². The monoisotopic (exact) mass is 374 g/mol. The van der Waals surface area contributed by atoms with E-state index in [1.165, 1.54) is 20.2 Å². The topological polar surface area (TPSA) is 22.4 Å². The largest absolute Gasteiger partial charge is 0.467 e. The molecule has 0 aliphatic rings. The molecule has 0 bridgehead atoms. The van der Waals surface area contributed by atoms with Crippen molar-refractivity contribution in [2.45, 2.75) is 27.9 Å². The van der Waals surface area contributed by atoms with E-state index in [9.17, 15) is 0 Å². The lowest BCUT2D eigenvalue weighted by Crippen LogP contribution is -1.94. The van der Waals surface area contributed by atoms with Crippen molar-refractivity contribution < 1.29 is 9.15 Å². The van der Waals surface area contributed by atoms with Gasteiger partial charge in [-0.2, -0.15) is 10.9 Å². The van der Waals surface area contributed by atoms with E-state index >= 15 is 0 Å². The van der Waals surface area contributed by atoms with Gasteiger partial charge in [-0.1, -0.05) is 48.5 Å². The lowest BCUT2D eigenvalue weighted by Gasteiger charge is -2.23. The molecule has 3 aromatic carbocycles. The molecule has 0 saturated heterocycles. The van der Waals surface area contributed by atoms with Crippen LogP contribution in [0.5, 0.6) is 0 Å². The maximum Gasteiger partial charge on any atom is 0.129 e. The summed E-state index contributed by atoms with van der Waals surface area (Å²) in [5.41, 5.74) is 1.17. The summed E-state index contributed by atoms with van der Waals surface area (Å²) in [5, 5.41) is 0. The van der Waals surface area contributed by atoms with Crippen molar-refractivity contribution >= 4 is 10.9 Å². The van der Waals surface area contributed by atoms with E-state index in [2.05, 4.69) is 84.9 Å². The molecular weight excluding hydrogens is 352 g/mol. The Kier molecular flexibility index (Phi) is 5.73. The maximum absolute atomic E-state index is 5.75. The second-order valence-corrected chi connectivity index (χ2v) is 8.47. The molecule has 0 atom stereocenters. The molecule has 0 aliphatic carbocycles. The van der Waals surface area contributed by atoms with Crippen LogP contribution in [0.4, 0.5) is 0 Å². The molecule has 136 valence electrons. The molecule has 0 N–H and O–H groups in total. The van der Waals surface area contributed by atoms with E-state index in [0.29, 0.717) is 13.2 Å². The van der Waals surface area contributed by atoms with Crippen LogP contribution >= 0.6 is 10.9 Å². The first-order valence-electron chi connectivity index (χ1n) is 8.99. The first-order chi connectivity index (χ1) is 13.4. The Morgan fingerprint density at radius 3 is 1.74 bits per heavy atom. The molecule has 0 amide bonds. The first-order valence-corrected chi connectivity index (χ1v) is 10.3. The maximum atomic E-state index is 5.75. The Hall–Kier alpha value is -2.75. The van der Waals surface area contributed by atoms with Gasteiger partial charge in [0, 0.05) is 0 Å². The van der Waals surface area contributed by atoms with Gasteiger partial charge in [0.15, 0.2) is 0 Å². The highest BCUT2D eigenvalue weighted by atomic mass is 32.2. The number of furan rings is 1. The van der Waals surface area contributed by atoms with E-state index in [1.54, 1.807) is 6.26 Å². The average molecular weight is 375 g/mol. The van der Waals surface area contributed by atoms with Crippen LogP contribution in [0.3, 0.4) is 0 Å². The third-order valence-electron chi connectivity index (χ3n) is 4.32. The van der Waals surface area contributed by atoms with E-state index in [0.717, 1.165) is 5.76 Å². The summed E-state index contributed by atoms with van der Waals surface area (Å²) in [6, 6.07) is 34.1. The third-order valence-corrected chi connectivity index (χ3v) is 6.76. The predicted octanol–water partition coefficient (Wildman–Crippen LogP) is 6.47. The highest BCUT2D eigenvalue weighted by Gasteiger charge is 2.12. The van der Waals surface area contributed by atoms with Gasteiger partial charge >= 0.3 is 0 Å². The molecule has 0 saturated carbocycles. The van der Waals surface area contributed by atoms with Gasteiger partial charge in [0.05, 0.1) is 12.9 Å². The molecule has 4 aromatic rings. The minimum Gasteiger partial charge on any atom is -0.467 e. The van der Waals surface area contributed by atoms with Gasteiger partial charge in [-0.15, -0.1) is 0 Å². The molecule has 4 rings (SSSR count). The summed E-state index contributed by atoms with van der Waals surface area (Å²) in [6.07, 6.45) is 1.67. The van der Waals surface area contributed by atoms with E-state index < -0.39 is 10.9 Å². The summed E-state index contributed by atoms with van der Waals surface area (Å²) >= 11 is 0. The number of rotatable bonds is 7. The minimum absolute atomic E-state index is 0.496. The van der Waals surface area contributed by atoms with E-state index in [-0.39, 0.29) is 0 Å². The zero-order chi connectivity index (χ0) is 18.3. The van der Waals surface area contributed by atoms with Crippen LogP contribution in [-0.2, 0) is 18.0 Å². The normalized spacial score (nSPS) is 11.3. The lowest BCUT2D eigenvalue weighted by atomic mass is 10.2. The molecule has 0 aliphatic heterocycles. The second kappa shape index (κ2) is 8.76. The minimum atomic E-state index is -0.557. The smallest absolute Gasteiger partial charge is 0.129 e. The summed E-state index contributed by atoms with van der Waals surface area (Å²) in [5.74, 6) is 0.850. The van der Waals surface area contributed by atoms with Gasteiger partial charge in [-0.25, -0.2) is 0 Å². The van der Waals surface area contributed by atoms with Crippen LogP contribution in [0.2, 0.25) is 0 Å². The summed E-state index contributed by atoms with van der Waals surface area (Å²) in [4.78, 5) is 4.07. The molecule has 3 heteroatoms. The fourth-order valence-corrected chi connectivity index (χ4v) is 5.29. The van der Waals surface area contributed by atoms with Gasteiger partial charge in [-0.3, -0.25) is 0 Å². The standard InChI is InChI=1S/C24H22O2S/c1-3-9-22(10-4-1)27(23-11-5-2-6-12-23)24-15-13-20(14-16-24)18-25-19-21-8-7-17-26-21/h1-17,27H,18-19H2. The van der Waals surface area contributed by atoms with E-state index in [4.69, 9.17) is 9.15 Å². The third kappa shape index (κ3) is 4.51. The van der Waals surface area contributed by atoms with Crippen molar-refractivity contribution in [2.75, 3.05) is 0 Å². The molecule has 27 heavy (non-hydrogen) atoms. The van der Waals surface area contributed by atoms with Crippen LogP contribution < -0.4 is 0 Å². The van der Waals surface area contributed by atoms with Gasteiger partial charge in [0.1, 0.15) is 12.4 Å². The van der Waals surface area contributed by atoms with Crippen LogP contribution in [-0.4, -0.2) is 0 Å². The Bertz CT molecular complexity index is 893. The molecular formula is C24H22O2S. The zero-order valence-electron chi connectivity index (χ0n) is 15.0. The van der Waals surface area contributed by atoms with Crippen molar-refractivity contribution in [2.24, 2.45) is 0 Å². The van der Waals surface area contributed by atoms with Crippen molar-refractivity contribution in [3.63, 3.8) is 0 Å². The van der Waals surface area contributed by atoms with E-state index in [1.807, 2.05) is 12.1 Å². The SMILES string of the molecule is c1ccc([SH](c2ccccc2)c2ccc(COCc3ccco3)cc2)cc1. The molecule has 0 unspecified atom stereocenters. The Labute approximate surface area is 162 Å². The zero-order valence-corrected chi connectivity index (χ0v) is 15.9. The van der Waals surface area contributed by atoms with Gasteiger partial charge in [0.25, 0.3) is 0 Å². The second-order valence-electron chi connectivity index (χ2n) is 6.25. The molecule has 0 fully saturated rings. The van der Waals surface area contributed by atoms with Crippen LogP contribution in [0, 0.1) is 0 Å². The van der Waals surface area contributed by atoms with Crippen LogP contribution in [0.15, 0.2) is 122 Å². The Balaban J connectivity index is 1.52. The molecule has 0 spiro atoms. The van der Waals surface area contributed by atoms with Gasteiger partial charge in [0.2, 0.25) is 0 Å². The van der Waals surface area contributed by atoms with Gasteiger partial charge < -0.3 is 9.15 Å². The summed E-state index contributed by atoms with van der Waals surface area (Å²) in [7, 11) is -0.557. The first kappa shape index (κ1) is 17.7. The van der Waals surface area contributed by atoms with Crippen LogP contribution in [0.1, 0.15) is 11.3 Å². The molecule has 2 nitrogen and oxygen atoms in total. The van der Waals surface area contributed by atoms with Crippen molar-refractivity contribution in [1.82, 2.24) is 0 Å². The van der Waals surface area contributed by atoms with Crippen molar-refractivity contribution in [3.8, 4) is 0 Å². The van der Waals surface area contributed by atoms with Crippen molar-refractivity contribution in [3.05, 3.63) is 115 Å². The van der Waals surface area contributed by atoms with Gasteiger partial charge in [-0.05, 0) is 68.8 Å². The highest BCUT2D eigenvalue weighted by molar-refractivity contribution is 8.17. The molecule has 1 aromatic heterocycles. The number of ether oxygens (including phenoxy) is 1. The fourth-order valence-electron chi connectivity index (χ4n) is 3.01.